The molecule has 0 aliphatic carbocycles. The molecule has 1 aromatic carbocycles. The Hall–Kier alpha value is -2.14. The molecule has 1 amide bonds. The molecule has 0 fully saturated rings. The third-order valence-corrected chi connectivity index (χ3v) is 5.07. The average molecular weight is 331 g/mol. The second-order valence-corrected chi connectivity index (χ2v) is 7.14. The Morgan fingerprint density at radius 2 is 1.87 bits per heavy atom. The zero-order chi connectivity index (χ0) is 17.0. The lowest BCUT2D eigenvalue weighted by atomic mass is 9.90. The normalized spacial score (nSPS) is 12.7. The van der Waals surface area contributed by atoms with Gasteiger partial charge >= 0.3 is 5.97 Å². The summed E-state index contributed by atoms with van der Waals surface area (Å²) in [5.41, 5.74) is 1.06. The number of carbonyl (C=O) groups is 2. The fourth-order valence-corrected chi connectivity index (χ4v) is 3.05. The first-order chi connectivity index (χ1) is 10.8. The molecule has 2 aromatic rings. The van der Waals surface area contributed by atoms with Gasteiger partial charge in [-0.25, -0.2) is 0 Å². The number of aliphatic carboxylic acids is 1. The number of carbonyl (C=O) groups excluding carboxylic acids is 1. The van der Waals surface area contributed by atoms with E-state index in [1.165, 1.54) is 0 Å². The molecular formula is C18H21NO3S. The first-order valence-corrected chi connectivity index (χ1v) is 8.36. The number of anilines is 1. The Morgan fingerprint density at radius 1 is 1.22 bits per heavy atom. The third-order valence-electron chi connectivity index (χ3n) is 3.88. The maximum atomic E-state index is 12.5. The molecular weight excluding hydrogens is 310 g/mol. The first kappa shape index (κ1) is 17.2. The topological polar surface area (TPSA) is 66.4 Å². The van der Waals surface area contributed by atoms with E-state index in [9.17, 15) is 9.59 Å². The lowest BCUT2D eigenvalue weighted by Gasteiger charge is -2.22. The van der Waals surface area contributed by atoms with Gasteiger partial charge in [0.25, 0.3) is 0 Å². The van der Waals surface area contributed by atoms with Crippen molar-refractivity contribution in [2.45, 2.75) is 32.6 Å². The quantitative estimate of drug-likeness (QED) is 0.843. The maximum Gasteiger partial charge on any atom is 0.306 e. The standard InChI is InChI=1S/C18H21NO3S/c1-12(16(20)21)11-13-6-8-14(9-7-13)19-17(22)18(2,3)15-5-4-10-23-15/h4-10,12H,11H2,1-3H3,(H,19,22)(H,20,21). The molecule has 2 N–H and O–H groups in total. The molecule has 0 aliphatic heterocycles. The van der Waals surface area contributed by atoms with Crippen LogP contribution in [0.3, 0.4) is 0 Å². The first-order valence-electron chi connectivity index (χ1n) is 7.48. The van der Waals surface area contributed by atoms with Gasteiger partial charge in [0.15, 0.2) is 0 Å². The highest BCUT2D eigenvalue weighted by molar-refractivity contribution is 7.10. The number of hydrogen-bond acceptors (Lipinski definition) is 3. The molecule has 2 rings (SSSR count). The number of carboxylic acids is 1. The molecule has 1 unspecified atom stereocenters. The van der Waals surface area contributed by atoms with Crippen molar-refractivity contribution < 1.29 is 14.7 Å². The van der Waals surface area contributed by atoms with E-state index in [1.807, 2.05) is 55.6 Å². The third kappa shape index (κ3) is 4.20. The molecule has 1 heterocycles. The molecule has 0 saturated heterocycles. The summed E-state index contributed by atoms with van der Waals surface area (Å²) in [6.07, 6.45) is 0.476. The molecule has 0 bridgehead atoms. The molecule has 23 heavy (non-hydrogen) atoms. The van der Waals surface area contributed by atoms with Crippen molar-refractivity contribution >= 4 is 28.9 Å². The van der Waals surface area contributed by atoms with Crippen molar-refractivity contribution in [2.75, 3.05) is 5.32 Å². The zero-order valence-electron chi connectivity index (χ0n) is 13.5. The number of rotatable bonds is 6. The van der Waals surface area contributed by atoms with Crippen molar-refractivity contribution in [2.24, 2.45) is 5.92 Å². The van der Waals surface area contributed by atoms with E-state index in [2.05, 4.69) is 5.32 Å². The highest BCUT2D eigenvalue weighted by Gasteiger charge is 2.30. The minimum absolute atomic E-state index is 0.0633. The molecule has 0 radical (unpaired) electrons. The Labute approximate surface area is 140 Å². The van der Waals surface area contributed by atoms with Gasteiger partial charge in [-0.1, -0.05) is 25.1 Å². The average Bonchev–Trinajstić information content (AvgIpc) is 3.04. The van der Waals surface area contributed by atoms with Crippen molar-refractivity contribution in [1.82, 2.24) is 0 Å². The summed E-state index contributed by atoms with van der Waals surface area (Å²) in [5, 5.41) is 13.8. The molecule has 1 atom stereocenters. The van der Waals surface area contributed by atoms with E-state index >= 15 is 0 Å². The monoisotopic (exact) mass is 331 g/mol. The van der Waals surface area contributed by atoms with Gasteiger partial charge in [0, 0.05) is 10.6 Å². The molecule has 5 heteroatoms. The van der Waals surface area contributed by atoms with Gasteiger partial charge in [0.1, 0.15) is 0 Å². The number of thiophene rings is 1. The predicted octanol–water partition coefficient (Wildman–Crippen LogP) is 3.93. The molecule has 4 nitrogen and oxygen atoms in total. The van der Waals surface area contributed by atoms with Crippen LogP contribution in [0.1, 0.15) is 31.2 Å². The summed E-state index contributed by atoms with van der Waals surface area (Å²) in [4.78, 5) is 24.4. The van der Waals surface area contributed by atoms with E-state index < -0.39 is 17.3 Å². The number of hydrogen-bond donors (Lipinski definition) is 2. The number of carboxylic acid groups (broad SMARTS) is 1. The van der Waals surface area contributed by atoms with Crippen molar-refractivity contribution in [1.29, 1.82) is 0 Å². The maximum absolute atomic E-state index is 12.5. The number of amides is 1. The largest absolute Gasteiger partial charge is 0.481 e. The van der Waals surface area contributed by atoms with Crippen LogP contribution in [-0.2, 0) is 21.4 Å². The van der Waals surface area contributed by atoms with Crippen molar-refractivity contribution in [3.05, 3.63) is 52.2 Å². The summed E-state index contributed by atoms with van der Waals surface area (Å²) < 4.78 is 0. The predicted molar refractivity (Wildman–Crippen MR) is 92.9 cm³/mol. The van der Waals surface area contributed by atoms with E-state index in [0.29, 0.717) is 12.1 Å². The van der Waals surface area contributed by atoms with E-state index in [0.717, 1.165) is 10.4 Å². The fraction of sp³-hybridized carbons (Fsp3) is 0.333. The van der Waals surface area contributed by atoms with Crippen LogP contribution in [0, 0.1) is 5.92 Å². The van der Waals surface area contributed by atoms with Crippen LogP contribution < -0.4 is 5.32 Å². The van der Waals surface area contributed by atoms with Gasteiger partial charge < -0.3 is 10.4 Å². The number of nitrogens with one attached hydrogen (secondary N) is 1. The van der Waals surface area contributed by atoms with E-state index in [1.54, 1.807) is 18.3 Å². The lowest BCUT2D eigenvalue weighted by Crippen LogP contribution is -2.33. The van der Waals surface area contributed by atoms with Crippen LogP contribution in [0.5, 0.6) is 0 Å². The highest BCUT2D eigenvalue weighted by Crippen LogP contribution is 2.29. The minimum Gasteiger partial charge on any atom is -0.481 e. The van der Waals surface area contributed by atoms with Crippen LogP contribution in [-0.4, -0.2) is 17.0 Å². The molecule has 0 spiro atoms. The zero-order valence-corrected chi connectivity index (χ0v) is 14.3. The van der Waals surface area contributed by atoms with Crippen LogP contribution >= 0.6 is 11.3 Å². The number of benzene rings is 1. The van der Waals surface area contributed by atoms with Gasteiger partial charge in [-0.15, -0.1) is 11.3 Å². The summed E-state index contributed by atoms with van der Waals surface area (Å²) in [7, 11) is 0. The second-order valence-electron chi connectivity index (χ2n) is 6.20. The highest BCUT2D eigenvalue weighted by atomic mass is 32.1. The molecule has 0 saturated carbocycles. The molecule has 1 aromatic heterocycles. The van der Waals surface area contributed by atoms with Crippen molar-refractivity contribution in [3.63, 3.8) is 0 Å². The van der Waals surface area contributed by atoms with E-state index in [4.69, 9.17) is 5.11 Å². The summed E-state index contributed by atoms with van der Waals surface area (Å²) in [5.74, 6) is -1.29. The van der Waals surface area contributed by atoms with Gasteiger partial charge in [-0.05, 0) is 49.4 Å². The van der Waals surface area contributed by atoms with Crippen molar-refractivity contribution in [3.8, 4) is 0 Å². The minimum atomic E-state index is -0.805. The van der Waals surface area contributed by atoms with Crippen LogP contribution in [0.2, 0.25) is 0 Å². The summed E-state index contributed by atoms with van der Waals surface area (Å²) >= 11 is 1.56. The van der Waals surface area contributed by atoms with Gasteiger partial charge in [0.2, 0.25) is 5.91 Å². The molecule has 122 valence electrons. The summed E-state index contributed by atoms with van der Waals surface area (Å²) in [6, 6.07) is 11.2. The summed E-state index contributed by atoms with van der Waals surface area (Å²) in [6.45, 7) is 5.48. The van der Waals surface area contributed by atoms with Crippen LogP contribution in [0.25, 0.3) is 0 Å². The Kier molecular flexibility index (Phi) is 5.21. The second kappa shape index (κ2) is 6.96. The van der Waals surface area contributed by atoms with Gasteiger partial charge in [-0.3, -0.25) is 9.59 Å². The lowest BCUT2D eigenvalue weighted by molar-refractivity contribution is -0.141. The van der Waals surface area contributed by atoms with Crippen LogP contribution in [0.15, 0.2) is 41.8 Å². The Balaban J connectivity index is 2.03. The molecule has 0 aliphatic rings. The van der Waals surface area contributed by atoms with E-state index in [-0.39, 0.29) is 5.91 Å². The van der Waals surface area contributed by atoms with Gasteiger partial charge in [-0.2, -0.15) is 0 Å². The SMILES string of the molecule is CC(Cc1ccc(NC(=O)C(C)(C)c2cccs2)cc1)C(=O)O. The Morgan fingerprint density at radius 3 is 2.39 bits per heavy atom. The van der Waals surface area contributed by atoms with Gasteiger partial charge in [0.05, 0.1) is 11.3 Å². The van der Waals surface area contributed by atoms with Crippen LogP contribution in [0.4, 0.5) is 5.69 Å². The Bertz CT molecular complexity index is 675. The fourth-order valence-electron chi connectivity index (χ4n) is 2.20. The smallest absolute Gasteiger partial charge is 0.306 e.